The minimum atomic E-state index is -3.59. The summed E-state index contributed by atoms with van der Waals surface area (Å²) in [5, 5.41) is 0.524. The summed E-state index contributed by atoms with van der Waals surface area (Å²) in [6.07, 6.45) is 6.85. The van der Waals surface area contributed by atoms with Gasteiger partial charge in [-0.05, 0) is 61.8 Å². The van der Waals surface area contributed by atoms with Gasteiger partial charge in [0, 0.05) is 23.5 Å². The van der Waals surface area contributed by atoms with Crippen molar-refractivity contribution in [3.05, 3.63) is 29.3 Å². The monoisotopic (exact) mass is 369 g/mol. The molecule has 0 amide bonds. The molecule has 132 valence electrons. The minimum absolute atomic E-state index is 0.00792. The number of rotatable bonds is 6. The first kappa shape index (κ1) is 17.9. The van der Waals surface area contributed by atoms with E-state index in [1.807, 2.05) is 6.92 Å². The first-order valence-electron chi connectivity index (χ1n) is 8.67. The Morgan fingerprint density at radius 1 is 1.25 bits per heavy atom. The zero-order valence-corrected chi connectivity index (χ0v) is 15.5. The molecular formula is C18H24ClNO3S. The lowest BCUT2D eigenvalue weighted by atomic mass is 9.84. The number of piperidine rings is 1. The molecule has 0 spiro atoms. The van der Waals surface area contributed by atoms with Gasteiger partial charge in [0.15, 0.2) is 0 Å². The molecule has 3 rings (SSSR count). The highest BCUT2D eigenvalue weighted by Crippen LogP contribution is 2.56. The van der Waals surface area contributed by atoms with Crippen LogP contribution in [0.15, 0.2) is 29.2 Å². The third-order valence-corrected chi connectivity index (χ3v) is 7.86. The number of aldehydes is 1. The molecule has 2 aliphatic rings. The lowest BCUT2D eigenvalue weighted by Gasteiger charge is -2.44. The van der Waals surface area contributed by atoms with E-state index in [1.54, 1.807) is 28.6 Å². The Morgan fingerprint density at radius 3 is 2.46 bits per heavy atom. The van der Waals surface area contributed by atoms with Gasteiger partial charge >= 0.3 is 0 Å². The molecule has 2 atom stereocenters. The van der Waals surface area contributed by atoms with E-state index in [0.29, 0.717) is 16.3 Å². The molecule has 1 heterocycles. The Kier molecular flexibility index (Phi) is 5.05. The van der Waals surface area contributed by atoms with Gasteiger partial charge < -0.3 is 4.79 Å². The van der Waals surface area contributed by atoms with Gasteiger partial charge in [-0.3, -0.25) is 0 Å². The average Bonchev–Trinajstić information content (AvgIpc) is 3.35. The molecule has 0 aromatic heterocycles. The number of halogens is 1. The third-order valence-electron chi connectivity index (χ3n) is 5.63. The summed E-state index contributed by atoms with van der Waals surface area (Å²) < 4.78 is 28.4. The van der Waals surface area contributed by atoms with Crippen LogP contribution in [0.5, 0.6) is 0 Å². The van der Waals surface area contributed by atoms with Crippen LogP contribution in [0.2, 0.25) is 5.02 Å². The van der Waals surface area contributed by atoms with Gasteiger partial charge in [0.1, 0.15) is 6.29 Å². The quantitative estimate of drug-likeness (QED) is 0.711. The molecule has 24 heavy (non-hydrogen) atoms. The van der Waals surface area contributed by atoms with Gasteiger partial charge in [-0.2, -0.15) is 4.31 Å². The number of hydrogen-bond acceptors (Lipinski definition) is 3. The third kappa shape index (κ3) is 3.14. The largest absolute Gasteiger partial charge is 0.303 e. The second kappa shape index (κ2) is 6.77. The highest BCUT2D eigenvalue weighted by atomic mass is 35.5. The predicted molar refractivity (Wildman–Crippen MR) is 94.5 cm³/mol. The van der Waals surface area contributed by atoms with Crippen LogP contribution in [-0.2, 0) is 14.8 Å². The first-order chi connectivity index (χ1) is 11.4. The van der Waals surface area contributed by atoms with Crippen LogP contribution in [0.1, 0.15) is 51.9 Å². The fourth-order valence-electron chi connectivity index (χ4n) is 4.11. The molecule has 1 aromatic carbocycles. The lowest BCUT2D eigenvalue weighted by molar-refractivity contribution is -0.109. The highest BCUT2D eigenvalue weighted by Gasteiger charge is 2.55. The van der Waals surface area contributed by atoms with Crippen molar-refractivity contribution in [3.63, 3.8) is 0 Å². The van der Waals surface area contributed by atoms with Crippen LogP contribution in [0.4, 0.5) is 0 Å². The number of carbonyl (C=O) groups is 1. The summed E-state index contributed by atoms with van der Waals surface area (Å²) in [5.41, 5.74) is -0.144. The van der Waals surface area contributed by atoms with Crippen molar-refractivity contribution in [2.75, 3.05) is 0 Å². The number of nitrogens with zero attached hydrogens (tertiary/aromatic N) is 1. The predicted octanol–water partition coefficient (Wildman–Crippen LogP) is 4.03. The molecule has 4 nitrogen and oxygen atoms in total. The van der Waals surface area contributed by atoms with Crippen molar-refractivity contribution in [2.24, 2.45) is 5.41 Å². The lowest BCUT2D eigenvalue weighted by Crippen LogP contribution is -2.53. The van der Waals surface area contributed by atoms with E-state index in [0.717, 1.165) is 44.8 Å². The Labute approximate surface area is 149 Å². The molecule has 0 bridgehead atoms. The molecule has 2 fully saturated rings. The summed E-state index contributed by atoms with van der Waals surface area (Å²) in [4.78, 5) is 11.4. The van der Waals surface area contributed by atoms with Crippen LogP contribution in [-0.4, -0.2) is 31.1 Å². The van der Waals surface area contributed by atoms with Crippen molar-refractivity contribution in [1.29, 1.82) is 0 Å². The van der Waals surface area contributed by atoms with Crippen molar-refractivity contribution < 1.29 is 13.2 Å². The number of sulfonamides is 1. The van der Waals surface area contributed by atoms with Gasteiger partial charge in [0.2, 0.25) is 10.0 Å². The molecule has 1 aliphatic carbocycles. The van der Waals surface area contributed by atoms with Crippen molar-refractivity contribution in [1.82, 2.24) is 4.31 Å². The van der Waals surface area contributed by atoms with Gasteiger partial charge in [0.05, 0.1) is 4.90 Å². The van der Waals surface area contributed by atoms with E-state index in [4.69, 9.17) is 11.6 Å². The number of benzene rings is 1. The smallest absolute Gasteiger partial charge is 0.243 e. The van der Waals surface area contributed by atoms with Crippen LogP contribution < -0.4 is 0 Å². The van der Waals surface area contributed by atoms with E-state index in [1.165, 1.54) is 0 Å². The molecule has 1 saturated carbocycles. The summed E-state index contributed by atoms with van der Waals surface area (Å²) in [6.45, 7) is 2.04. The van der Waals surface area contributed by atoms with Crippen LogP contribution in [0.3, 0.4) is 0 Å². The number of carbonyl (C=O) groups excluding carboxylic acids is 1. The second-order valence-electron chi connectivity index (χ2n) is 7.03. The van der Waals surface area contributed by atoms with E-state index in [-0.39, 0.29) is 17.5 Å². The van der Waals surface area contributed by atoms with E-state index in [9.17, 15) is 13.2 Å². The van der Waals surface area contributed by atoms with Gasteiger partial charge in [0.25, 0.3) is 0 Å². The van der Waals surface area contributed by atoms with Crippen molar-refractivity contribution in [2.45, 2.75) is 68.8 Å². The maximum absolute atomic E-state index is 13.4. The molecular weight excluding hydrogens is 346 g/mol. The average molecular weight is 370 g/mol. The van der Waals surface area contributed by atoms with Crippen molar-refractivity contribution >= 4 is 27.9 Å². The van der Waals surface area contributed by atoms with Gasteiger partial charge in [-0.25, -0.2) is 8.42 Å². The SMILES string of the molecule is CC[C@H]1CCC[C@@H](C2(CC=O)CC2)N1S(=O)(=O)c1ccc(Cl)cc1. The molecule has 0 N–H and O–H groups in total. The van der Waals surface area contributed by atoms with Gasteiger partial charge in [-0.15, -0.1) is 0 Å². The molecule has 1 saturated heterocycles. The zero-order chi connectivity index (χ0) is 17.4. The summed E-state index contributed by atoms with van der Waals surface area (Å²) in [5.74, 6) is 0. The van der Waals surface area contributed by atoms with Gasteiger partial charge in [-0.1, -0.05) is 24.9 Å². The first-order valence-corrected chi connectivity index (χ1v) is 10.5. The standard InChI is InChI=1S/C18H24ClNO3S/c1-2-15-4-3-5-17(18(10-11-18)12-13-21)20(15)24(22,23)16-8-6-14(19)7-9-16/h6-9,13,15,17H,2-5,10-12H2,1H3/t15-,17-/m0/s1. The fourth-order valence-corrected chi connectivity index (χ4v) is 6.27. The summed E-state index contributed by atoms with van der Waals surface area (Å²) in [6, 6.07) is 6.33. The topological polar surface area (TPSA) is 54.5 Å². The van der Waals surface area contributed by atoms with Crippen LogP contribution in [0, 0.1) is 5.41 Å². The molecule has 0 unspecified atom stereocenters. The van der Waals surface area contributed by atoms with Crippen molar-refractivity contribution in [3.8, 4) is 0 Å². The zero-order valence-electron chi connectivity index (χ0n) is 13.9. The molecule has 6 heteroatoms. The maximum atomic E-state index is 13.4. The number of hydrogen-bond donors (Lipinski definition) is 0. The van der Waals surface area contributed by atoms with E-state index >= 15 is 0 Å². The Morgan fingerprint density at radius 2 is 1.92 bits per heavy atom. The Bertz CT molecular complexity index is 697. The fraction of sp³-hybridized carbons (Fsp3) is 0.611. The normalized spacial score (nSPS) is 26.9. The van der Waals surface area contributed by atoms with Crippen LogP contribution in [0.25, 0.3) is 0 Å². The second-order valence-corrected chi connectivity index (χ2v) is 9.31. The molecule has 1 aliphatic heterocycles. The molecule has 0 radical (unpaired) electrons. The van der Waals surface area contributed by atoms with Crippen LogP contribution >= 0.6 is 11.6 Å². The summed E-state index contributed by atoms with van der Waals surface area (Å²) in [7, 11) is -3.59. The highest BCUT2D eigenvalue weighted by molar-refractivity contribution is 7.89. The Hall–Kier alpha value is -0.910. The maximum Gasteiger partial charge on any atom is 0.243 e. The minimum Gasteiger partial charge on any atom is -0.303 e. The van der Waals surface area contributed by atoms with E-state index < -0.39 is 10.0 Å². The summed E-state index contributed by atoms with van der Waals surface area (Å²) >= 11 is 5.91. The molecule has 1 aromatic rings. The van der Waals surface area contributed by atoms with E-state index in [2.05, 4.69) is 0 Å². The Balaban J connectivity index is 2.01.